The molecule has 170 valence electrons. The first-order valence-corrected chi connectivity index (χ1v) is 12.3. The van der Waals surface area contributed by atoms with Gasteiger partial charge in [0.15, 0.2) is 0 Å². The van der Waals surface area contributed by atoms with Gasteiger partial charge in [-0.05, 0) is 0 Å². The maximum atomic E-state index is 12.7. The van der Waals surface area contributed by atoms with Crippen LogP contribution in [0.15, 0.2) is 96.1 Å². The van der Waals surface area contributed by atoms with Crippen molar-refractivity contribution in [3.05, 3.63) is 91.0 Å². The molecule has 0 bridgehead atoms. The van der Waals surface area contributed by atoms with Crippen molar-refractivity contribution < 1.29 is 24.5 Å². The van der Waals surface area contributed by atoms with E-state index in [-0.39, 0.29) is 21.6 Å². The second-order valence-electron chi connectivity index (χ2n) is 7.28. The Morgan fingerprint density at radius 3 is 2.06 bits per heavy atom. The molecule has 0 spiro atoms. The van der Waals surface area contributed by atoms with Crippen LogP contribution in [0.5, 0.6) is 0 Å². The first-order valence-electron chi connectivity index (χ1n) is 10.5. The van der Waals surface area contributed by atoms with E-state index in [0.29, 0.717) is 0 Å². The molecule has 1 heterocycles. The molecule has 1 aliphatic rings. The van der Waals surface area contributed by atoms with E-state index in [0.717, 1.165) is 22.1 Å². The van der Waals surface area contributed by atoms with Crippen LogP contribution >= 0.6 is 0 Å². The van der Waals surface area contributed by atoms with Crippen LogP contribution < -0.4 is 9.47 Å². The van der Waals surface area contributed by atoms with E-state index >= 15 is 0 Å². The molecule has 0 saturated carbocycles. The van der Waals surface area contributed by atoms with Gasteiger partial charge in [-0.3, -0.25) is 0 Å². The van der Waals surface area contributed by atoms with Gasteiger partial charge in [0.25, 0.3) is 0 Å². The number of rotatable bonds is 8. The van der Waals surface area contributed by atoms with E-state index in [9.17, 15) is 15.0 Å². The predicted molar refractivity (Wildman–Crippen MR) is 127 cm³/mol. The molecule has 0 radical (unpaired) electrons. The predicted octanol–water partition coefficient (Wildman–Crippen LogP) is 1.83. The Bertz CT molecular complexity index is 1010. The fourth-order valence-electron chi connectivity index (χ4n) is 3.40. The molecule has 33 heavy (non-hydrogen) atoms. The summed E-state index contributed by atoms with van der Waals surface area (Å²) in [6.45, 7) is -0.361. The van der Waals surface area contributed by atoms with Crippen LogP contribution in [0.25, 0.3) is 0 Å². The van der Waals surface area contributed by atoms with E-state index in [1.807, 2.05) is 91.0 Å². The number of aliphatic hydroxyl groups is 2. The standard InChI is InChI=1S/C25H24N2O5Se/c28-17-21-23(30)24(25(31-21)33-20-14-8-3-9-15-20)32-22(29)16-26-27(18-10-4-1-5-11-18)19-12-6-2-7-13-19/h1-16,21,23-25,28,30H,17H2/b26-16+/t21-,23+,24-,25+/m0/s1. The van der Waals surface area contributed by atoms with Gasteiger partial charge in [-0.2, -0.15) is 0 Å². The van der Waals surface area contributed by atoms with Crippen molar-refractivity contribution in [2.75, 3.05) is 11.6 Å². The maximum absolute atomic E-state index is 12.7. The molecule has 1 aliphatic heterocycles. The summed E-state index contributed by atoms with van der Waals surface area (Å²) in [4.78, 5) is 12.7. The number of anilines is 2. The molecule has 0 amide bonds. The van der Waals surface area contributed by atoms with Gasteiger partial charge in [0.2, 0.25) is 0 Å². The summed E-state index contributed by atoms with van der Waals surface area (Å²) in [6.07, 6.45) is -1.74. The molecule has 1 saturated heterocycles. The minimum absolute atomic E-state index is 0.228. The van der Waals surface area contributed by atoms with E-state index in [1.54, 1.807) is 5.01 Å². The molecular weight excluding hydrogens is 487 g/mol. The third-order valence-corrected chi connectivity index (χ3v) is 7.43. The Balaban J connectivity index is 1.50. The van der Waals surface area contributed by atoms with Gasteiger partial charge in [0, 0.05) is 0 Å². The first-order chi connectivity index (χ1) is 16.2. The Labute approximate surface area is 198 Å². The summed E-state index contributed by atoms with van der Waals surface area (Å²) in [5.74, 6) is -0.702. The molecule has 3 aromatic rings. The van der Waals surface area contributed by atoms with Crippen molar-refractivity contribution in [1.29, 1.82) is 0 Å². The monoisotopic (exact) mass is 512 g/mol. The second-order valence-corrected chi connectivity index (χ2v) is 9.73. The molecule has 2 N–H and O–H groups in total. The second kappa shape index (κ2) is 11.2. The summed E-state index contributed by atoms with van der Waals surface area (Å²) in [7, 11) is 0. The number of esters is 1. The van der Waals surface area contributed by atoms with Gasteiger partial charge in [-0.15, -0.1) is 0 Å². The van der Waals surface area contributed by atoms with Gasteiger partial charge in [0.1, 0.15) is 0 Å². The van der Waals surface area contributed by atoms with Crippen molar-refractivity contribution >= 4 is 43.0 Å². The molecular formula is C25H24N2O5Se. The minimum atomic E-state index is -1.12. The molecule has 4 rings (SSSR count). The molecule has 0 aliphatic carbocycles. The first kappa shape index (κ1) is 23.2. The van der Waals surface area contributed by atoms with Crippen LogP contribution in [-0.4, -0.2) is 67.3 Å². The van der Waals surface area contributed by atoms with Crippen molar-refractivity contribution in [2.45, 2.75) is 23.3 Å². The zero-order chi connectivity index (χ0) is 23.0. The number of carbonyl (C=O) groups is 1. The van der Waals surface area contributed by atoms with Crippen LogP contribution in [0.4, 0.5) is 11.4 Å². The fraction of sp³-hybridized carbons (Fsp3) is 0.200. The van der Waals surface area contributed by atoms with Crippen LogP contribution in [0.3, 0.4) is 0 Å². The third kappa shape index (κ3) is 5.87. The zero-order valence-electron chi connectivity index (χ0n) is 17.7. The van der Waals surface area contributed by atoms with Gasteiger partial charge < -0.3 is 0 Å². The van der Waals surface area contributed by atoms with Crippen molar-refractivity contribution in [3.8, 4) is 0 Å². The van der Waals surface area contributed by atoms with Crippen LogP contribution in [0.2, 0.25) is 0 Å². The molecule has 1 fully saturated rings. The van der Waals surface area contributed by atoms with Crippen molar-refractivity contribution in [1.82, 2.24) is 0 Å². The molecule has 4 atom stereocenters. The average Bonchev–Trinajstić information content (AvgIpc) is 3.15. The summed E-state index contributed by atoms with van der Waals surface area (Å²) in [6, 6.07) is 28.5. The summed E-state index contributed by atoms with van der Waals surface area (Å²) in [5, 5.41) is 25.6. The van der Waals surface area contributed by atoms with E-state index < -0.39 is 29.3 Å². The topological polar surface area (TPSA) is 91.6 Å². The summed E-state index contributed by atoms with van der Waals surface area (Å²) >= 11 is -0.228. The van der Waals surface area contributed by atoms with Gasteiger partial charge >= 0.3 is 198 Å². The molecule has 3 aromatic carbocycles. The summed E-state index contributed by atoms with van der Waals surface area (Å²) < 4.78 is 12.4. The van der Waals surface area contributed by atoms with Crippen LogP contribution in [-0.2, 0) is 14.3 Å². The van der Waals surface area contributed by atoms with Crippen LogP contribution in [0.1, 0.15) is 0 Å². The van der Waals surface area contributed by atoms with Crippen molar-refractivity contribution in [3.63, 3.8) is 0 Å². The quantitative estimate of drug-likeness (QED) is 0.208. The van der Waals surface area contributed by atoms with E-state index in [4.69, 9.17) is 9.47 Å². The Hall–Kier alpha value is -3.00. The number of hydrogen-bond acceptors (Lipinski definition) is 7. The zero-order valence-corrected chi connectivity index (χ0v) is 19.4. The van der Waals surface area contributed by atoms with E-state index in [2.05, 4.69) is 5.10 Å². The van der Waals surface area contributed by atoms with Crippen LogP contribution in [0, 0.1) is 0 Å². The Morgan fingerprint density at radius 2 is 1.52 bits per heavy atom. The third-order valence-electron chi connectivity index (χ3n) is 5.00. The normalized spacial score (nSPS) is 22.4. The SMILES string of the molecule is O=C(/C=N/N(c1ccccc1)c1ccccc1)O[C@H]1[C@H](O)[C@H](CO)O[C@@H]1[Se]c1ccccc1. The number of ether oxygens (including phenoxy) is 2. The van der Waals surface area contributed by atoms with E-state index in [1.165, 1.54) is 0 Å². The fourth-order valence-corrected chi connectivity index (χ4v) is 5.77. The Morgan fingerprint density at radius 1 is 0.970 bits per heavy atom. The summed E-state index contributed by atoms with van der Waals surface area (Å²) in [5.41, 5.74) is 1.56. The number of nitrogens with zero attached hydrogens (tertiary/aromatic N) is 2. The Kier molecular flexibility index (Phi) is 7.88. The molecule has 8 heteroatoms. The average molecular weight is 511 g/mol. The number of hydrogen-bond donors (Lipinski definition) is 2. The van der Waals surface area contributed by atoms with Gasteiger partial charge in [-0.25, -0.2) is 0 Å². The van der Waals surface area contributed by atoms with Gasteiger partial charge in [0.05, 0.1) is 0 Å². The van der Waals surface area contributed by atoms with Gasteiger partial charge in [-0.1, -0.05) is 0 Å². The number of carbonyl (C=O) groups excluding carboxylic acids is 1. The molecule has 7 nitrogen and oxygen atoms in total. The number of hydrazone groups is 1. The molecule has 0 unspecified atom stereocenters. The number of para-hydroxylation sites is 2. The van der Waals surface area contributed by atoms with Crippen molar-refractivity contribution in [2.24, 2.45) is 5.10 Å². The molecule has 0 aromatic heterocycles. The number of benzene rings is 3. The number of aliphatic hydroxyl groups excluding tert-OH is 2.